The molecule has 0 aliphatic carbocycles. The molecule has 0 aromatic heterocycles. The van der Waals surface area contributed by atoms with Crippen LogP contribution in [0.1, 0.15) is 34.1 Å². The molecule has 1 fully saturated rings. The zero-order valence-electron chi connectivity index (χ0n) is 12.3. The van der Waals surface area contributed by atoms with Crippen LogP contribution in [-0.2, 0) is 4.79 Å². The SMILES string of the molecule is CC1(C)CC(CNc2ccccc2)C(=O)NC1(C)C. The highest BCUT2D eigenvalue weighted by molar-refractivity contribution is 5.81. The fourth-order valence-corrected chi connectivity index (χ4v) is 2.51. The quantitative estimate of drug-likeness (QED) is 0.877. The lowest BCUT2D eigenvalue weighted by Crippen LogP contribution is -2.61. The lowest BCUT2D eigenvalue weighted by molar-refractivity contribution is -0.133. The number of amides is 1. The molecule has 19 heavy (non-hydrogen) atoms. The molecule has 0 radical (unpaired) electrons. The van der Waals surface area contributed by atoms with Crippen LogP contribution < -0.4 is 10.6 Å². The van der Waals surface area contributed by atoms with Gasteiger partial charge in [-0.25, -0.2) is 0 Å². The Morgan fingerprint density at radius 2 is 1.84 bits per heavy atom. The summed E-state index contributed by atoms with van der Waals surface area (Å²) in [6, 6.07) is 10.0. The average molecular weight is 260 g/mol. The standard InChI is InChI=1S/C16H24N2O/c1-15(2)10-12(14(19)18-16(15,3)4)11-17-13-8-6-5-7-9-13/h5-9,12,17H,10-11H2,1-4H3,(H,18,19). The maximum atomic E-state index is 12.2. The zero-order chi connectivity index (χ0) is 14.1. The molecule has 0 saturated carbocycles. The molecular formula is C16H24N2O. The first kappa shape index (κ1) is 13.9. The van der Waals surface area contributed by atoms with Crippen LogP contribution >= 0.6 is 0 Å². The van der Waals surface area contributed by atoms with E-state index in [1.165, 1.54) is 0 Å². The molecule has 2 rings (SSSR count). The second-order valence-electron chi connectivity index (χ2n) is 6.65. The van der Waals surface area contributed by atoms with E-state index in [2.05, 4.69) is 38.3 Å². The van der Waals surface area contributed by atoms with Crippen molar-refractivity contribution in [1.29, 1.82) is 0 Å². The van der Waals surface area contributed by atoms with Crippen molar-refractivity contribution in [3.8, 4) is 0 Å². The van der Waals surface area contributed by atoms with Crippen molar-refractivity contribution < 1.29 is 4.79 Å². The van der Waals surface area contributed by atoms with E-state index in [1.807, 2.05) is 30.3 Å². The second-order valence-corrected chi connectivity index (χ2v) is 6.65. The summed E-state index contributed by atoms with van der Waals surface area (Å²) in [7, 11) is 0. The summed E-state index contributed by atoms with van der Waals surface area (Å²) in [5, 5.41) is 6.50. The van der Waals surface area contributed by atoms with Crippen molar-refractivity contribution in [1.82, 2.24) is 5.32 Å². The summed E-state index contributed by atoms with van der Waals surface area (Å²) in [6.07, 6.45) is 0.908. The molecule has 1 unspecified atom stereocenters. The summed E-state index contributed by atoms with van der Waals surface area (Å²) in [5.74, 6) is 0.191. The minimum atomic E-state index is -0.146. The Morgan fingerprint density at radius 1 is 1.21 bits per heavy atom. The van der Waals surface area contributed by atoms with Gasteiger partial charge in [0.2, 0.25) is 5.91 Å². The molecule has 104 valence electrons. The third-order valence-corrected chi connectivity index (χ3v) is 4.58. The van der Waals surface area contributed by atoms with Crippen LogP contribution in [0.3, 0.4) is 0 Å². The van der Waals surface area contributed by atoms with Gasteiger partial charge in [0.05, 0.1) is 5.92 Å². The van der Waals surface area contributed by atoms with Crippen LogP contribution in [-0.4, -0.2) is 18.0 Å². The number of rotatable bonds is 3. The second kappa shape index (κ2) is 4.87. The van der Waals surface area contributed by atoms with Crippen LogP contribution in [0.5, 0.6) is 0 Å². The van der Waals surface area contributed by atoms with Crippen LogP contribution in [0.25, 0.3) is 0 Å². The molecule has 1 atom stereocenters. The van der Waals surface area contributed by atoms with Crippen LogP contribution in [0.15, 0.2) is 30.3 Å². The van der Waals surface area contributed by atoms with Crippen molar-refractivity contribution in [2.45, 2.75) is 39.7 Å². The molecule has 1 aliphatic heterocycles. The molecule has 1 saturated heterocycles. The number of carbonyl (C=O) groups excluding carboxylic acids is 1. The zero-order valence-corrected chi connectivity index (χ0v) is 12.3. The summed E-state index contributed by atoms with van der Waals surface area (Å²) in [5.41, 5.74) is 1.02. The lowest BCUT2D eigenvalue weighted by atomic mass is 9.66. The first-order valence-corrected chi connectivity index (χ1v) is 6.93. The number of nitrogens with one attached hydrogen (secondary N) is 2. The van der Waals surface area contributed by atoms with E-state index in [9.17, 15) is 4.79 Å². The smallest absolute Gasteiger partial charge is 0.225 e. The largest absolute Gasteiger partial charge is 0.384 e. The van der Waals surface area contributed by atoms with Gasteiger partial charge < -0.3 is 10.6 Å². The Kier molecular flexibility index (Phi) is 3.57. The molecular weight excluding hydrogens is 236 g/mol. The Bertz CT molecular complexity index is 451. The van der Waals surface area contributed by atoms with E-state index >= 15 is 0 Å². The minimum Gasteiger partial charge on any atom is -0.384 e. The van der Waals surface area contributed by atoms with Crippen LogP contribution in [0.2, 0.25) is 0 Å². The first-order chi connectivity index (χ1) is 8.82. The molecule has 3 nitrogen and oxygen atoms in total. The van der Waals surface area contributed by atoms with Gasteiger partial charge in [0.25, 0.3) is 0 Å². The van der Waals surface area contributed by atoms with Gasteiger partial charge in [-0.2, -0.15) is 0 Å². The maximum Gasteiger partial charge on any atom is 0.225 e. The minimum absolute atomic E-state index is 0.0308. The van der Waals surface area contributed by atoms with Gasteiger partial charge in [-0.15, -0.1) is 0 Å². The Balaban J connectivity index is 2.00. The van der Waals surface area contributed by atoms with E-state index in [0.717, 1.165) is 12.1 Å². The molecule has 1 amide bonds. The monoisotopic (exact) mass is 260 g/mol. The number of hydrogen-bond donors (Lipinski definition) is 2. The van der Waals surface area contributed by atoms with E-state index in [-0.39, 0.29) is 22.8 Å². The molecule has 3 heteroatoms. The summed E-state index contributed by atoms with van der Waals surface area (Å²) in [6.45, 7) is 9.34. The van der Waals surface area contributed by atoms with Gasteiger partial charge in [0, 0.05) is 17.8 Å². The van der Waals surface area contributed by atoms with Crippen molar-refractivity contribution in [2.24, 2.45) is 11.3 Å². The van der Waals surface area contributed by atoms with Crippen molar-refractivity contribution in [3.05, 3.63) is 30.3 Å². The highest BCUT2D eigenvalue weighted by atomic mass is 16.2. The number of para-hydroxylation sites is 1. The van der Waals surface area contributed by atoms with Crippen molar-refractivity contribution in [2.75, 3.05) is 11.9 Å². The predicted molar refractivity (Wildman–Crippen MR) is 79.0 cm³/mol. The summed E-state index contributed by atoms with van der Waals surface area (Å²) in [4.78, 5) is 12.2. The molecule has 0 bridgehead atoms. The van der Waals surface area contributed by atoms with E-state index in [4.69, 9.17) is 0 Å². The molecule has 1 aromatic carbocycles. The van der Waals surface area contributed by atoms with Crippen LogP contribution in [0, 0.1) is 11.3 Å². The highest BCUT2D eigenvalue weighted by Gasteiger charge is 2.45. The maximum absolute atomic E-state index is 12.2. The van der Waals surface area contributed by atoms with Crippen molar-refractivity contribution in [3.63, 3.8) is 0 Å². The predicted octanol–water partition coefficient (Wildman–Crippen LogP) is 3.04. The average Bonchev–Trinajstić information content (AvgIpc) is 2.33. The topological polar surface area (TPSA) is 41.1 Å². The Hall–Kier alpha value is -1.51. The molecule has 0 spiro atoms. The number of benzene rings is 1. The van der Waals surface area contributed by atoms with E-state index < -0.39 is 0 Å². The number of carbonyl (C=O) groups is 1. The summed E-state index contributed by atoms with van der Waals surface area (Å²) < 4.78 is 0. The fourth-order valence-electron chi connectivity index (χ4n) is 2.51. The molecule has 1 aliphatic rings. The van der Waals surface area contributed by atoms with Gasteiger partial charge in [0.15, 0.2) is 0 Å². The van der Waals surface area contributed by atoms with Crippen LogP contribution in [0.4, 0.5) is 5.69 Å². The molecule has 2 N–H and O–H groups in total. The normalized spacial score (nSPS) is 24.6. The number of piperidine rings is 1. The van der Waals surface area contributed by atoms with Gasteiger partial charge in [0.1, 0.15) is 0 Å². The fraction of sp³-hybridized carbons (Fsp3) is 0.562. The van der Waals surface area contributed by atoms with Gasteiger partial charge in [-0.05, 0) is 37.8 Å². The Morgan fingerprint density at radius 3 is 2.47 bits per heavy atom. The van der Waals surface area contributed by atoms with E-state index in [0.29, 0.717) is 6.54 Å². The van der Waals surface area contributed by atoms with Crippen molar-refractivity contribution >= 4 is 11.6 Å². The summed E-state index contributed by atoms with van der Waals surface area (Å²) >= 11 is 0. The third kappa shape index (κ3) is 2.91. The molecule has 1 aromatic rings. The third-order valence-electron chi connectivity index (χ3n) is 4.58. The Labute approximate surface area is 115 Å². The van der Waals surface area contributed by atoms with E-state index in [1.54, 1.807) is 0 Å². The first-order valence-electron chi connectivity index (χ1n) is 6.93. The molecule has 1 heterocycles. The van der Waals surface area contributed by atoms with Gasteiger partial charge in [-0.1, -0.05) is 32.0 Å². The number of anilines is 1. The highest BCUT2D eigenvalue weighted by Crippen LogP contribution is 2.40. The number of hydrogen-bond acceptors (Lipinski definition) is 2. The van der Waals surface area contributed by atoms with Gasteiger partial charge in [-0.3, -0.25) is 4.79 Å². The lowest BCUT2D eigenvalue weighted by Gasteiger charge is -2.48. The van der Waals surface area contributed by atoms with Gasteiger partial charge >= 0.3 is 0 Å².